The van der Waals surface area contributed by atoms with Gasteiger partial charge in [0.2, 0.25) is 0 Å². The van der Waals surface area contributed by atoms with Crippen molar-refractivity contribution in [3.8, 4) is 0 Å². The normalized spacial score (nSPS) is 14.4. The zero-order chi connectivity index (χ0) is 13.4. The second-order valence-corrected chi connectivity index (χ2v) is 6.11. The van der Waals surface area contributed by atoms with Crippen LogP contribution in [0.4, 0.5) is 0 Å². The van der Waals surface area contributed by atoms with E-state index in [1.54, 1.807) is 18.7 Å². The van der Waals surface area contributed by atoms with E-state index in [0.29, 0.717) is 23.2 Å². The first-order valence-corrected chi connectivity index (χ1v) is 7.22. The lowest BCUT2D eigenvalue weighted by molar-refractivity contribution is -0.166. The van der Waals surface area contributed by atoms with Crippen LogP contribution in [0.15, 0.2) is 0 Å². The first-order chi connectivity index (χ1) is 7.88. The molecule has 4 nitrogen and oxygen atoms in total. The van der Waals surface area contributed by atoms with Gasteiger partial charge in [-0.3, -0.25) is 4.79 Å². The van der Waals surface area contributed by atoms with Crippen LogP contribution in [0.3, 0.4) is 0 Å². The molecule has 0 fully saturated rings. The van der Waals surface area contributed by atoms with Gasteiger partial charge in [0.05, 0.1) is 5.92 Å². The first kappa shape index (κ1) is 16.6. The fraction of sp³-hybridized carbons (Fsp3) is 0.818. The topological polar surface area (TPSA) is 63.6 Å². The Bertz CT molecular complexity index is 256. The predicted octanol–water partition coefficient (Wildman–Crippen LogP) is 2.08. The summed E-state index contributed by atoms with van der Waals surface area (Å²) in [6, 6.07) is 0. The molecule has 1 N–H and O–H groups in total. The largest absolute Gasteiger partial charge is 0.479 e. The van der Waals surface area contributed by atoms with Crippen LogP contribution < -0.4 is 0 Å². The van der Waals surface area contributed by atoms with Crippen LogP contribution in [0.25, 0.3) is 0 Å². The van der Waals surface area contributed by atoms with Gasteiger partial charge in [0, 0.05) is 12.2 Å². The number of rotatable bonds is 8. The predicted molar refractivity (Wildman–Crippen MR) is 72.7 cm³/mol. The summed E-state index contributed by atoms with van der Waals surface area (Å²) in [5, 5.41) is 9.38. The van der Waals surface area contributed by atoms with E-state index in [1.165, 1.54) is 0 Å². The molecule has 100 valence electrons. The highest BCUT2D eigenvalue weighted by atomic mass is 32.2. The molecule has 0 aliphatic heterocycles. The summed E-state index contributed by atoms with van der Waals surface area (Å²) in [4.78, 5) is 22.4. The number of aliphatic carboxylic acids is 1. The van der Waals surface area contributed by atoms with Crippen molar-refractivity contribution in [2.24, 2.45) is 5.92 Å². The molecule has 0 aliphatic rings. The Morgan fingerprint density at radius 3 is 2.35 bits per heavy atom. The van der Waals surface area contributed by atoms with E-state index >= 15 is 0 Å². The molecular weight excluding hydrogens is 260 g/mol. The fourth-order valence-corrected chi connectivity index (χ4v) is 1.95. The third-order valence-electron chi connectivity index (χ3n) is 2.04. The molecule has 17 heavy (non-hydrogen) atoms. The average Bonchev–Trinajstić information content (AvgIpc) is 2.25. The Kier molecular flexibility index (Phi) is 8.51. The minimum Gasteiger partial charge on any atom is -0.479 e. The highest BCUT2D eigenvalue weighted by Crippen LogP contribution is 2.14. The molecule has 0 spiro atoms. The van der Waals surface area contributed by atoms with Crippen LogP contribution in [0.2, 0.25) is 0 Å². The molecule has 0 aromatic carbocycles. The van der Waals surface area contributed by atoms with Crippen LogP contribution in [0.5, 0.6) is 0 Å². The summed E-state index contributed by atoms with van der Waals surface area (Å²) >= 11 is 5.62. The number of esters is 1. The van der Waals surface area contributed by atoms with E-state index < -0.39 is 18.0 Å². The van der Waals surface area contributed by atoms with E-state index in [1.807, 2.05) is 13.8 Å². The van der Waals surface area contributed by atoms with E-state index in [2.05, 4.69) is 12.6 Å². The van der Waals surface area contributed by atoms with Gasteiger partial charge in [-0.25, -0.2) is 4.79 Å². The summed E-state index contributed by atoms with van der Waals surface area (Å²) in [6.45, 7) is 5.74. The van der Waals surface area contributed by atoms with Gasteiger partial charge < -0.3 is 9.84 Å². The Morgan fingerprint density at radius 2 is 1.94 bits per heavy atom. The van der Waals surface area contributed by atoms with Gasteiger partial charge in [0.15, 0.2) is 6.10 Å². The summed E-state index contributed by atoms with van der Waals surface area (Å²) in [5.41, 5.74) is 0. The maximum Gasteiger partial charge on any atom is 0.345 e. The minimum absolute atomic E-state index is 0.337. The zero-order valence-corrected chi connectivity index (χ0v) is 12.1. The van der Waals surface area contributed by atoms with Gasteiger partial charge in [-0.05, 0) is 11.0 Å². The lowest BCUT2D eigenvalue weighted by Crippen LogP contribution is -2.30. The van der Waals surface area contributed by atoms with Crippen LogP contribution in [-0.2, 0) is 14.3 Å². The maximum atomic E-state index is 11.4. The quantitative estimate of drug-likeness (QED) is 0.526. The Labute approximate surface area is 112 Å². The first-order valence-electron chi connectivity index (χ1n) is 5.54. The standard InChI is InChI=1S/C11H20O4S2/c1-7(2)17-5-4-9(10(12)13)15-11(14)8(3)6-16/h7-9,16H,4-6H2,1-3H3,(H,12,13)/t8-,9+/m1/s1. The summed E-state index contributed by atoms with van der Waals surface area (Å²) in [7, 11) is 0. The fourth-order valence-electron chi connectivity index (χ4n) is 0.974. The molecule has 0 aromatic rings. The van der Waals surface area contributed by atoms with Crippen molar-refractivity contribution in [2.45, 2.75) is 38.5 Å². The molecule has 6 heteroatoms. The number of carboxylic acid groups (broad SMARTS) is 1. The number of hydrogen-bond acceptors (Lipinski definition) is 5. The second-order valence-electron chi connectivity index (χ2n) is 4.06. The summed E-state index contributed by atoms with van der Waals surface area (Å²) in [6.07, 6.45) is -0.709. The Balaban J connectivity index is 4.16. The number of carboxylic acids is 1. The van der Waals surface area contributed by atoms with Crippen LogP contribution in [0.1, 0.15) is 27.2 Å². The molecule has 0 aliphatic carbocycles. The van der Waals surface area contributed by atoms with Crippen molar-refractivity contribution in [1.82, 2.24) is 0 Å². The SMILES string of the molecule is CC(C)SCC[C@H](OC(=O)[C@H](C)CS)C(=O)O. The van der Waals surface area contributed by atoms with Gasteiger partial charge in [-0.15, -0.1) is 0 Å². The van der Waals surface area contributed by atoms with Gasteiger partial charge in [-0.2, -0.15) is 24.4 Å². The lowest BCUT2D eigenvalue weighted by atomic mass is 10.2. The molecule has 0 unspecified atom stereocenters. The van der Waals surface area contributed by atoms with Gasteiger partial charge in [0.25, 0.3) is 0 Å². The molecule has 0 aromatic heterocycles. The van der Waals surface area contributed by atoms with Gasteiger partial charge >= 0.3 is 11.9 Å². The number of carbonyl (C=O) groups is 2. The number of thioether (sulfide) groups is 1. The molecule has 0 saturated heterocycles. The highest BCUT2D eigenvalue weighted by Gasteiger charge is 2.24. The molecular formula is C11H20O4S2. The molecule has 0 amide bonds. The number of carbonyl (C=O) groups excluding carboxylic acids is 1. The number of thiol groups is 1. The zero-order valence-electron chi connectivity index (χ0n) is 10.4. The molecule has 2 atom stereocenters. The van der Waals surface area contributed by atoms with Crippen molar-refractivity contribution in [3.63, 3.8) is 0 Å². The lowest BCUT2D eigenvalue weighted by Gasteiger charge is -2.16. The van der Waals surface area contributed by atoms with Crippen LogP contribution in [0, 0.1) is 5.92 Å². The molecule has 0 heterocycles. The molecule has 0 radical (unpaired) electrons. The second kappa shape index (κ2) is 8.69. The summed E-state index contributed by atoms with van der Waals surface area (Å²) in [5.74, 6) is -0.947. The number of hydrogen-bond donors (Lipinski definition) is 2. The van der Waals surface area contributed by atoms with Gasteiger partial charge in [-0.1, -0.05) is 20.8 Å². The molecule has 0 saturated carbocycles. The number of ether oxygens (including phenoxy) is 1. The van der Waals surface area contributed by atoms with E-state index in [4.69, 9.17) is 9.84 Å². The maximum absolute atomic E-state index is 11.4. The van der Waals surface area contributed by atoms with Crippen molar-refractivity contribution < 1.29 is 19.4 Å². The molecule has 0 rings (SSSR count). The van der Waals surface area contributed by atoms with Crippen LogP contribution in [-0.4, -0.2) is 39.9 Å². The Hall–Kier alpha value is -0.360. The summed E-state index contributed by atoms with van der Waals surface area (Å²) < 4.78 is 4.95. The third-order valence-corrected chi connectivity index (χ3v) is 3.73. The van der Waals surface area contributed by atoms with E-state index in [9.17, 15) is 9.59 Å². The van der Waals surface area contributed by atoms with Crippen molar-refractivity contribution in [3.05, 3.63) is 0 Å². The van der Waals surface area contributed by atoms with E-state index in [0.717, 1.165) is 0 Å². The third kappa shape index (κ3) is 7.54. The molecule has 0 bridgehead atoms. The monoisotopic (exact) mass is 280 g/mol. The minimum atomic E-state index is -1.09. The van der Waals surface area contributed by atoms with Crippen molar-refractivity contribution in [2.75, 3.05) is 11.5 Å². The highest BCUT2D eigenvalue weighted by molar-refractivity contribution is 7.99. The Morgan fingerprint density at radius 1 is 1.35 bits per heavy atom. The van der Waals surface area contributed by atoms with Crippen molar-refractivity contribution >= 4 is 36.3 Å². The van der Waals surface area contributed by atoms with Crippen molar-refractivity contribution in [1.29, 1.82) is 0 Å². The van der Waals surface area contributed by atoms with Gasteiger partial charge in [0.1, 0.15) is 0 Å². The average molecular weight is 280 g/mol. The van der Waals surface area contributed by atoms with Crippen LogP contribution >= 0.6 is 24.4 Å². The smallest absolute Gasteiger partial charge is 0.345 e. The van der Waals surface area contributed by atoms with E-state index in [-0.39, 0.29) is 5.92 Å².